The van der Waals surface area contributed by atoms with Crippen molar-refractivity contribution in [3.63, 3.8) is 0 Å². The summed E-state index contributed by atoms with van der Waals surface area (Å²) in [6.45, 7) is 10.1. The summed E-state index contributed by atoms with van der Waals surface area (Å²) in [6.07, 6.45) is 4.15. The van der Waals surface area contributed by atoms with E-state index in [9.17, 15) is 9.90 Å². The van der Waals surface area contributed by atoms with Crippen LogP contribution < -0.4 is 0 Å². The molecule has 0 saturated carbocycles. The number of amides is 1. The van der Waals surface area contributed by atoms with E-state index < -0.39 is 5.60 Å². The van der Waals surface area contributed by atoms with Gasteiger partial charge in [-0.25, -0.2) is 4.79 Å². The average Bonchev–Trinajstić information content (AvgIpc) is 2.72. The molecule has 0 aromatic heterocycles. The van der Waals surface area contributed by atoms with Crippen molar-refractivity contribution >= 4 is 6.09 Å². The van der Waals surface area contributed by atoms with Crippen molar-refractivity contribution in [2.75, 3.05) is 13.2 Å². The fourth-order valence-electron chi connectivity index (χ4n) is 2.40. The predicted octanol–water partition coefficient (Wildman–Crippen LogP) is 2.57. The summed E-state index contributed by atoms with van der Waals surface area (Å²) >= 11 is 0. The van der Waals surface area contributed by atoms with Gasteiger partial charge in [0.1, 0.15) is 5.60 Å². The first-order valence-electron chi connectivity index (χ1n) is 6.60. The van der Waals surface area contributed by atoms with Gasteiger partial charge in [-0.2, -0.15) is 0 Å². The minimum atomic E-state index is -0.475. The molecular formula is C14H25NO3. The van der Waals surface area contributed by atoms with Crippen molar-refractivity contribution in [1.29, 1.82) is 0 Å². The molecule has 1 heterocycles. The molecular weight excluding hydrogens is 230 g/mol. The molecule has 18 heavy (non-hydrogen) atoms. The molecule has 2 atom stereocenters. The van der Waals surface area contributed by atoms with Crippen molar-refractivity contribution in [3.05, 3.63) is 12.7 Å². The van der Waals surface area contributed by atoms with Crippen LogP contribution in [0.4, 0.5) is 4.79 Å². The lowest BCUT2D eigenvalue weighted by molar-refractivity contribution is 0.0146. The Balaban J connectivity index is 2.69. The molecule has 0 aliphatic carbocycles. The number of rotatable bonds is 4. The molecule has 1 amide bonds. The lowest BCUT2D eigenvalue weighted by Gasteiger charge is -2.32. The number of carbonyl (C=O) groups excluding carboxylic acids is 1. The second-order valence-electron chi connectivity index (χ2n) is 5.85. The molecule has 104 valence electrons. The second-order valence-corrected chi connectivity index (χ2v) is 5.85. The molecule has 1 aliphatic heterocycles. The van der Waals surface area contributed by atoms with E-state index in [4.69, 9.17) is 4.74 Å². The minimum absolute atomic E-state index is 0.0671. The maximum absolute atomic E-state index is 12.1. The molecule has 4 nitrogen and oxygen atoms in total. The number of allylic oxidation sites excluding steroid dienone is 1. The monoisotopic (exact) mass is 255 g/mol. The van der Waals surface area contributed by atoms with Crippen LogP contribution in [-0.4, -0.2) is 40.9 Å². The molecule has 1 fully saturated rings. The van der Waals surface area contributed by atoms with E-state index in [-0.39, 0.29) is 24.7 Å². The zero-order valence-electron chi connectivity index (χ0n) is 11.7. The molecule has 0 aromatic rings. The molecule has 1 N–H and O–H groups in total. The van der Waals surface area contributed by atoms with Crippen molar-refractivity contribution in [2.24, 2.45) is 5.92 Å². The Morgan fingerprint density at radius 1 is 1.61 bits per heavy atom. The number of likely N-dealkylation sites (tertiary alicyclic amines) is 1. The number of hydrogen-bond acceptors (Lipinski definition) is 3. The normalized spacial score (nSPS) is 21.8. The van der Waals surface area contributed by atoms with Gasteiger partial charge in [0.2, 0.25) is 0 Å². The largest absolute Gasteiger partial charge is 0.444 e. The van der Waals surface area contributed by atoms with E-state index in [0.29, 0.717) is 6.54 Å². The highest BCUT2D eigenvalue weighted by Crippen LogP contribution is 2.27. The van der Waals surface area contributed by atoms with Crippen molar-refractivity contribution in [2.45, 2.75) is 51.7 Å². The number of aliphatic hydroxyl groups is 1. The summed E-state index contributed by atoms with van der Waals surface area (Å²) in [7, 11) is 0. The first-order valence-corrected chi connectivity index (χ1v) is 6.60. The molecule has 4 heteroatoms. The van der Waals surface area contributed by atoms with Gasteiger partial charge >= 0.3 is 6.09 Å². The van der Waals surface area contributed by atoms with E-state index in [2.05, 4.69) is 6.58 Å². The smallest absolute Gasteiger partial charge is 0.410 e. The molecule has 1 saturated heterocycles. The SMILES string of the molecule is C=CC[C@@H](CO)[C@@H]1CCCN1C(=O)OC(C)(C)C. The third-order valence-corrected chi connectivity index (χ3v) is 3.18. The van der Waals surface area contributed by atoms with Gasteiger partial charge in [0.25, 0.3) is 0 Å². The molecule has 0 spiro atoms. The quantitative estimate of drug-likeness (QED) is 0.785. The van der Waals surface area contributed by atoms with Gasteiger partial charge in [-0.3, -0.25) is 0 Å². The number of ether oxygens (including phenoxy) is 1. The topological polar surface area (TPSA) is 49.8 Å². The number of hydrogen-bond donors (Lipinski definition) is 1. The highest BCUT2D eigenvalue weighted by molar-refractivity contribution is 5.69. The van der Waals surface area contributed by atoms with Crippen LogP contribution >= 0.6 is 0 Å². The Kier molecular flexibility index (Phi) is 5.20. The van der Waals surface area contributed by atoms with Crippen LogP contribution in [-0.2, 0) is 4.74 Å². The highest BCUT2D eigenvalue weighted by atomic mass is 16.6. The highest BCUT2D eigenvalue weighted by Gasteiger charge is 2.36. The zero-order valence-corrected chi connectivity index (χ0v) is 11.7. The van der Waals surface area contributed by atoms with Gasteiger partial charge in [-0.05, 0) is 40.0 Å². The summed E-state index contributed by atoms with van der Waals surface area (Å²) in [5.74, 6) is 0.0671. The maximum atomic E-state index is 12.1. The summed E-state index contributed by atoms with van der Waals surface area (Å²) in [5, 5.41) is 9.42. The lowest BCUT2D eigenvalue weighted by Crippen LogP contribution is -2.43. The summed E-state index contributed by atoms with van der Waals surface area (Å²) in [4.78, 5) is 13.9. The number of carbonyl (C=O) groups is 1. The third kappa shape index (κ3) is 4.02. The van der Waals surface area contributed by atoms with Crippen molar-refractivity contribution in [1.82, 2.24) is 4.90 Å². The van der Waals surface area contributed by atoms with Crippen molar-refractivity contribution in [3.8, 4) is 0 Å². The first kappa shape index (κ1) is 15.0. The zero-order chi connectivity index (χ0) is 13.8. The van der Waals surface area contributed by atoms with Crippen LogP contribution in [0, 0.1) is 5.92 Å². The summed E-state index contributed by atoms with van der Waals surface area (Å²) < 4.78 is 5.40. The summed E-state index contributed by atoms with van der Waals surface area (Å²) in [5.41, 5.74) is -0.475. The average molecular weight is 255 g/mol. The van der Waals surface area contributed by atoms with Crippen LogP contribution in [0.15, 0.2) is 12.7 Å². The lowest BCUT2D eigenvalue weighted by atomic mass is 9.95. The van der Waals surface area contributed by atoms with Crippen molar-refractivity contribution < 1.29 is 14.6 Å². The van der Waals surface area contributed by atoms with Crippen LogP contribution in [0.3, 0.4) is 0 Å². The fraction of sp³-hybridized carbons (Fsp3) is 0.786. The molecule has 1 aliphatic rings. The van der Waals surface area contributed by atoms with Gasteiger partial charge in [0.05, 0.1) is 0 Å². The second kappa shape index (κ2) is 6.23. The van der Waals surface area contributed by atoms with Crippen LogP contribution in [0.5, 0.6) is 0 Å². The Morgan fingerprint density at radius 3 is 2.78 bits per heavy atom. The summed E-state index contributed by atoms with van der Waals surface area (Å²) in [6, 6.07) is 0.0721. The van der Waals surface area contributed by atoms with E-state index in [1.165, 1.54) is 0 Å². The van der Waals surface area contributed by atoms with Gasteiger partial charge in [-0.15, -0.1) is 6.58 Å². The first-order chi connectivity index (χ1) is 8.39. The van der Waals surface area contributed by atoms with Crippen LogP contribution in [0.2, 0.25) is 0 Å². The van der Waals surface area contributed by atoms with E-state index in [1.807, 2.05) is 20.8 Å². The Labute approximate surface area is 110 Å². The molecule has 0 unspecified atom stereocenters. The third-order valence-electron chi connectivity index (χ3n) is 3.18. The standard InChI is InChI=1S/C14H25NO3/c1-5-7-11(10-16)12-8-6-9-15(12)13(17)18-14(2,3)4/h5,11-12,16H,1,6-10H2,2-4H3/t11-,12-/m0/s1. The van der Waals surface area contributed by atoms with Gasteiger partial charge in [0, 0.05) is 25.1 Å². The number of aliphatic hydroxyl groups excluding tert-OH is 1. The Bertz CT molecular complexity index is 296. The molecule has 0 bridgehead atoms. The van der Waals surface area contributed by atoms with E-state index >= 15 is 0 Å². The van der Waals surface area contributed by atoms with E-state index in [1.54, 1.807) is 11.0 Å². The predicted molar refractivity (Wildman–Crippen MR) is 71.4 cm³/mol. The Morgan fingerprint density at radius 2 is 2.28 bits per heavy atom. The maximum Gasteiger partial charge on any atom is 0.410 e. The van der Waals surface area contributed by atoms with Gasteiger partial charge in [0.15, 0.2) is 0 Å². The molecule has 0 radical (unpaired) electrons. The van der Waals surface area contributed by atoms with Gasteiger partial charge < -0.3 is 14.7 Å². The van der Waals surface area contributed by atoms with Crippen LogP contribution in [0.1, 0.15) is 40.0 Å². The molecule has 1 rings (SSSR count). The Hall–Kier alpha value is -1.03. The minimum Gasteiger partial charge on any atom is -0.444 e. The fourth-order valence-corrected chi connectivity index (χ4v) is 2.40. The molecule has 0 aromatic carbocycles. The van der Waals surface area contributed by atoms with E-state index in [0.717, 1.165) is 19.3 Å². The van der Waals surface area contributed by atoms with Crippen LogP contribution in [0.25, 0.3) is 0 Å². The van der Waals surface area contributed by atoms with Gasteiger partial charge in [-0.1, -0.05) is 6.08 Å². The number of nitrogens with zero attached hydrogens (tertiary/aromatic N) is 1.